The van der Waals surface area contributed by atoms with Gasteiger partial charge in [0, 0.05) is 0 Å². The van der Waals surface area contributed by atoms with Crippen molar-refractivity contribution >= 4 is 28.6 Å². The van der Waals surface area contributed by atoms with Crippen LogP contribution in [0, 0.1) is 0 Å². The number of hydrogen-bond acceptors (Lipinski definition) is 5. The maximum atomic E-state index is 11.7. The van der Waals surface area contributed by atoms with Crippen LogP contribution < -0.4 is 0 Å². The summed E-state index contributed by atoms with van der Waals surface area (Å²) >= 11 is 0. The van der Waals surface area contributed by atoms with Gasteiger partial charge in [0.1, 0.15) is 12.2 Å². The van der Waals surface area contributed by atoms with Gasteiger partial charge in [0.2, 0.25) is 0 Å². The molecule has 0 fully saturated rings. The number of carbonyl (C=O) groups is 2. The van der Waals surface area contributed by atoms with Gasteiger partial charge in [0.25, 0.3) is 0 Å². The van der Waals surface area contributed by atoms with Crippen LogP contribution in [0.4, 0.5) is 0 Å². The fourth-order valence-corrected chi connectivity index (χ4v) is 3.74. The molecule has 2 atom stereocenters. The van der Waals surface area contributed by atoms with E-state index in [-0.39, 0.29) is 0 Å². The maximum Gasteiger partial charge on any atom is 0.341 e. The molecule has 0 heterocycles. The Morgan fingerprint density at radius 2 is 1.00 bits per heavy atom. The molecule has 0 N–H and O–H groups in total. The monoisotopic (exact) mass is 306 g/mol. The Morgan fingerprint density at radius 3 is 1.21 bits per heavy atom. The maximum absolute atomic E-state index is 11.7. The molecule has 0 radical (unpaired) electrons. The van der Waals surface area contributed by atoms with Crippen molar-refractivity contribution in [1.82, 2.24) is 0 Å². The third kappa shape index (κ3) is 9.09. The lowest BCUT2D eigenvalue weighted by Crippen LogP contribution is -2.40. The fourth-order valence-electron chi connectivity index (χ4n) is 1.42. The van der Waals surface area contributed by atoms with Crippen molar-refractivity contribution in [2.24, 2.45) is 0 Å². The number of ether oxygens (including phenoxy) is 1. The SMILES string of the molecule is CC(O[Si](C)(C)C)C(=O)OC(=O)C(C)O[Si](C)(C)C. The highest BCUT2D eigenvalue weighted by molar-refractivity contribution is 6.70. The zero-order valence-corrected chi connectivity index (χ0v) is 15.2. The van der Waals surface area contributed by atoms with Gasteiger partial charge in [-0.3, -0.25) is 0 Å². The normalized spacial score (nSPS) is 15.8. The van der Waals surface area contributed by atoms with Crippen molar-refractivity contribution in [3.05, 3.63) is 0 Å². The number of carbonyl (C=O) groups excluding carboxylic acids is 2. The molecule has 0 spiro atoms. The lowest BCUT2D eigenvalue weighted by atomic mass is 10.4. The van der Waals surface area contributed by atoms with E-state index in [1.165, 1.54) is 0 Å². The van der Waals surface area contributed by atoms with Crippen molar-refractivity contribution in [2.75, 3.05) is 0 Å². The number of hydrogen-bond donors (Lipinski definition) is 0. The predicted octanol–water partition coefficient (Wildman–Crippen LogP) is 2.54. The Balaban J connectivity index is 4.37. The van der Waals surface area contributed by atoms with Gasteiger partial charge in [-0.25, -0.2) is 9.59 Å². The van der Waals surface area contributed by atoms with Crippen LogP contribution in [-0.4, -0.2) is 40.8 Å². The van der Waals surface area contributed by atoms with E-state index in [0.717, 1.165) is 0 Å². The molecule has 0 aliphatic carbocycles. The Kier molecular flexibility index (Phi) is 6.60. The molecule has 0 rings (SSSR count). The van der Waals surface area contributed by atoms with Crippen LogP contribution in [0.2, 0.25) is 39.3 Å². The highest BCUT2D eigenvalue weighted by Crippen LogP contribution is 2.11. The van der Waals surface area contributed by atoms with Crippen molar-refractivity contribution in [2.45, 2.75) is 65.3 Å². The molecule has 0 aliphatic heterocycles. The first kappa shape index (κ1) is 18.5. The zero-order chi connectivity index (χ0) is 15.4. The van der Waals surface area contributed by atoms with E-state index in [4.69, 9.17) is 13.6 Å². The van der Waals surface area contributed by atoms with Gasteiger partial charge in [-0.15, -0.1) is 0 Å². The molecular formula is C12H26O5Si2. The molecule has 0 amide bonds. The molecule has 5 nitrogen and oxygen atoms in total. The Bertz CT molecular complexity index is 298. The largest absolute Gasteiger partial charge is 0.405 e. The predicted molar refractivity (Wildman–Crippen MR) is 78.9 cm³/mol. The molecule has 0 aromatic rings. The minimum Gasteiger partial charge on any atom is -0.405 e. The van der Waals surface area contributed by atoms with E-state index >= 15 is 0 Å². The quantitative estimate of drug-likeness (QED) is 0.429. The lowest BCUT2D eigenvalue weighted by molar-refractivity contribution is -0.169. The summed E-state index contributed by atoms with van der Waals surface area (Å²) in [6.45, 7) is 15.0. The van der Waals surface area contributed by atoms with Crippen molar-refractivity contribution in [1.29, 1.82) is 0 Å². The van der Waals surface area contributed by atoms with E-state index in [1.807, 2.05) is 39.3 Å². The van der Waals surface area contributed by atoms with E-state index in [0.29, 0.717) is 0 Å². The molecular weight excluding hydrogens is 280 g/mol. The molecule has 0 saturated carbocycles. The van der Waals surface area contributed by atoms with E-state index in [2.05, 4.69) is 0 Å². The molecule has 0 aromatic heterocycles. The smallest absolute Gasteiger partial charge is 0.341 e. The average Bonchev–Trinajstić information content (AvgIpc) is 2.11. The molecule has 2 unspecified atom stereocenters. The third-order valence-electron chi connectivity index (χ3n) is 1.93. The number of esters is 2. The summed E-state index contributed by atoms with van der Waals surface area (Å²) in [5, 5.41) is 0. The van der Waals surface area contributed by atoms with Crippen LogP contribution in [0.3, 0.4) is 0 Å². The van der Waals surface area contributed by atoms with E-state index in [1.54, 1.807) is 13.8 Å². The first-order valence-corrected chi connectivity index (χ1v) is 13.2. The van der Waals surface area contributed by atoms with Gasteiger partial charge < -0.3 is 13.6 Å². The highest BCUT2D eigenvalue weighted by atomic mass is 28.4. The van der Waals surface area contributed by atoms with Gasteiger partial charge in [-0.05, 0) is 53.1 Å². The molecule has 0 aromatic carbocycles. The molecule has 0 aliphatic rings. The van der Waals surface area contributed by atoms with Gasteiger partial charge in [0.15, 0.2) is 16.6 Å². The lowest BCUT2D eigenvalue weighted by Gasteiger charge is -2.24. The van der Waals surface area contributed by atoms with Crippen LogP contribution in [0.5, 0.6) is 0 Å². The van der Waals surface area contributed by atoms with E-state index in [9.17, 15) is 9.59 Å². The second-order valence-corrected chi connectivity index (χ2v) is 15.4. The summed E-state index contributed by atoms with van der Waals surface area (Å²) in [5.41, 5.74) is 0. The summed E-state index contributed by atoms with van der Waals surface area (Å²) < 4.78 is 15.9. The molecule has 0 bridgehead atoms. The summed E-state index contributed by atoms with van der Waals surface area (Å²) in [7, 11) is -3.67. The summed E-state index contributed by atoms with van der Waals surface area (Å²) in [6, 6.07) is 0. The Labute approximate surface area is 117 Å². The minimum absolute atomic E-state index is 0.654. The topological polar surface area (TPSA) is 61.8 Å². The molecule has 19 heavy (non-hydrogen) atoms. The highest BCUT2D eigenvalue weighted by Gasteiger charge is 2.29. The molecule has 7 heteroatoms. The van der Waals surface area contributed by atoms with Crippen molar-refractivity contribution < 1.29 is 23.2 Å². The summed E-state index contributed by atoms with van der Waals surface area (Å²) in [4.78, 5) is 23.4. The van der Waals surface area contributed by atoms with Crippen LogP contribution in [-0.2, 0) is 23.2 Å². The van der Waals surface area contributed by atoms with Crippen LogP contribution in [0.25, 0.3) is 0 Å². The molecule has 112 valence electrons. The van der Waals surface area contributed by atoms with Gasteiger partial charge in [0.05, 0.1) is 0 Å². The number of rotatable bonds is 6. The van der Waals surface area contributed by atoms with Crippen molar-refractivity contribution in [3.8, 4) is 0 Å². The third-order valence-corrected chi connectivity index (χ3v) is 4.05. The van der Waals surface area contributed by atoms with Crippen LogP contribution >= 0.6 is 0 Å². The van der Waals surface area contributed by atoms with Gasteiger partial charge in [-0.1, -0.05) is 0 Å². The van der Waals surface area contributed by atoms with Gasteiger partial charge >= 0.3 is 11.9 Å². The first-order valence-electron chi connectivity index (χ1n) is 6.43. The summed E-state index contributed by atoms with van der Waals surface area (Å²) in [5.74, 6) is -1.31. The Morgan fingerprint density at radius 1 is 0.737 bits per heavy atom. The van der Waals surface area contributed by atoms with E-state index < -0.39 is 40.8 Å². The summed E-state index contributed by atoms with van der Waals surface area (Å²) in [6.07, 6.45) is -1.45. The first-order chi connectivity index (χ1) is 8.32. The van der Waals surface area contributed by atoms with Crippen LogP contribution in [0.15, 0.2) is 0 Å². The second kappa shape index (κ2) is 6.78. The van der Waals surface area contributed by atoms with Crippen molar-refractivity contribution in [3.63, 3.8) is 0 Å². The van der Waals surface area contributed by atoms with Gasteiger partial charge in [-0.2, -0.15) is 0 Å². The minimum atomic E-state index is -1.84. The zero-order valence-electron chi connectivity index (χ0n) is 13.2. The molecule has 0 saturated heterocycles. The average molecular weight is 307 g/mol. The Hall–Kier alpha value is -0.506. The standard InChI is InChI=1S/C12H26O5Si2/c1-9(16-18(3,4)5)11(13)15-12(14)10(2)17-19(6,7)8/h9-10H,1-8H3. The second-order valence-electron chi connectivity index (χ2n) is 6.49. The van der Waals surface area contributed by atoms with Crippen LogP contribution in [0.1, 0.15) is 13.8 Å². The fraction of sp³-hybridized carbons (Fsp3) is 0.833.